The van der Waals surface area contributed by atoms with Crippen molar-refractivity contribution in [3.63, 3.8) is 0 Å². The second-order valence-corrected chi connectivity index (χ2v) is 20.9. The Kier molecular flexibility index (Phi) is 8.46. The van der Waals surface area contributed by atoms with E-state index in [0.717, 1.165) is 0 Å². The third-order valence-electron chi connectivity index (χ3n) is 8.05. The van der Waals surface area contributed by atoms with Gasteiger partial charge >= 0.3 is 0 Å². The van der Waals surface area contributed by atoms with E-state index in [0.29, 0.717) is 0 Å². The molecule has 0 saturated carbocycles. The fraction of sp³-hybridized carbons (Fsp3) is 0. The van der Waals surface area contributed by atoms with Gasteiger partial charge < -0.3 is 0 Å². The molecule has 0 N–H and O–H groups in total. The maximum absolute atomic E-state index is 4.37. The zero-order valence-corrected chi connectivity index (χ0v) is 25.6. The summed E-state index contributed by atoms with van der Waals surface area (Å²) >= 11 is 0. The van der Waals surface area contributed by atoms with E-state index in [2.05, 4.69) is 183 Å². The molecule has 0 fully saturated rings. The van der Waals surface area contributed by atoms with Gasteiger partial charge in [-0.1, -0.05) is 143 Å². The van der Waals surface area contributed by atoms with Crippen LogP contribution in [0.25, 0.3) is 0 Å². The second kappa shape index (κ2) is 11.8. The minimum atomic E-state index is -2.53. The number of hydrogen-bond donors (Lipinski definition) is 0. The molecule has 4 rings (SSSR count). The molecule has 0 radical (unpaired) electrons. The van der Waals surface area contributed by atoms with Crippen LogP contribution in [0.1, 0.15) is 0 Å². The zero-order valence-electron chi connectivity index (χ0n) is 22.6. The predicted molar refractivity (Wildman–Crippen MR) is 182 cm³/mol. The van der Waals surface area contributed by atoms with E-state index in [1.54, 1.807) is 0 Å². The molecule has 0 aliphatic rings. The summed E-state index contributed by atoms with van der Waals surface area (Å²) in [4.78, 5) is 0. The Labute approximate surface area is 237 Å². The summed E-state index contributed by atoms with van der Waals surface area (Å²) in [7, 11) is -7.60. The topological polar surface area (TPSA) is 0 Å². The number of benzene rings is 4. The largest absolute Gasteiger partial charge is 0.163 e. The maximum Gasteiger partial charge on any atom is 0.163 e. The van der Waals surface area contributed by atoms with Gasteiger partial charge in [-0.15, -0.1) is 39.5 Å². The third-order valence-corrected chi connectivity index (χ3v) is 19.5. The average Bonchev–Trinajstić information content (AvgIpc) is 3.02. The summed E-state index contributed by atoms with van der Waals surface area (Å²) < 4.78 is 0. The van der Waals surface area contributed by atoms with Gasteiger partial charge in [0.2, 0.25) is 0 Å². The van der Waals surface area contributed by atoms with Gasteiger partial charge in [0.15, 0.2) is 24.2 Å². The molecule has 4 aromatic rings. The van der Waals surface area contributed by atoms with Crippen molar-refractivity contribution in [1.29, 1.82) is 0 Å². The van der Waals surface area contributed by atoms with Crippen LogP contribution >= 0.6 is 0 Å². The molecule has 0 spiro atoms. The maximum atomic E-state index is 4.37. The first-order valence-corrected chi connectivity index (χ1v) is 19.6. The Hall–Kier alpha value is -4.03. The van der Waals surface area contributed by atoms with Gasteiger partial charge in [-0.2, -0.15) is 0 Å². The predicted octanol–water partition coefficient (Wildman–Crippen LogP) is 4.73. The fourth-order valence-corrected chi connectivity index (χ4v) is 15.0. The molecule has 0 amide bonds. The number of hydrogen-bond acceptors (Lipinski definition) is 0. The second-order valence-electron chi connectivity index (χ2n) is 9.73. The molecule has 0 unspecified atom stereocenters. The van der Waals surface area contributed by atoms with Crippen LogP contribution in [0.2, 0.25) is 0 Å². The van der Waals surface area contributed by atoms with Gasteiger partial charge in [-0.3, -0.25) is 0 Å². The summed E-state index contributed by atoms with van der Waals surface area (Å²) in [5.74, 6) is 0. The van der Waals surface area contributed by atoms with Crippen molar-refractivity contribution >= 4 is 55.3 Å². The normalized spacial score (nSPS) is 11.7. The summed E-state index contributed by atoms with van der Waals surface area (Å²) in [6, 6.07) is 39.1. The van der Waals surface area contributed by atoms with Crippen LogP contribution in [0.5, 0.6) is 0 Å². The fourth-order valence-electron chi connectivity index (χ4n) is 5.65. The van der Waals surface area contributed by atoms with Crippen molar-refractivity contribution in [1.82, 2.24) is 0 Å². The molecule has 39 heavy (non-hydrogen) atoms. The smallest absolute Gasteiger partial charge is 0.106 e. The summed E-state index contributed by atoms with van der Waals surface area (Å²) in [6.45, 7) is 26.2. The van der Waals surface area contributed by atoms with Crippen molar-refractivity contribution < 1.29 is 0 Å². The Morgan fingerprint density at radius 3 is 0.692 bits per heavy atom. The Morgan fingerprint density at radius 1 is 0.308 bits per heavy atom. The van der Waals surface area contributed by atoms with E-state index in [9.17, 15) is 0 Å². The van der Waals surface area contributed by atoms with E-state index < -0.39 is 24.2 Å². The van der Waals surface area contributed by atoms with Crippen LogP contribution in [0.15, 0.2) is 183 Å². The van der Waals surface area contributed by atoms with Crippen molar-refractivity contribution in [3.05, 3.63) is 183 Å². The average molecular weight is 553 g/mol. The van der Waals surface area contributed by atoms with Gasteiger partial charge in [-0.25, -0.2) is 0 Å². The lowest BCUT2D eigenvalue weighted by molar-refractivity contribution is 1.71. The molecular formula is C36H36Si3. The zero-order chi connectivity index (χ0) is 27.9. The van der Waals surface area contributed by atoms with Gasteiger partial charge in [0.25, 0.3) is 0 Å². The Balaban J connectivity index is 2.16. The van der Waals surface area contributed by atoms with Gasteiger partial charge in [0.1, 0.15) is 0 Å². The SMILES string of the molecule is C=C[Si](C=C)(c1ccccc1)c1cc([Si](C=C)(C=C)c2ccccc2)cc([Si](C=C)(C=C)c2ccccc2)c1. The minimum absolute atomic E-state index is 1.25. The standard InChI is InChI=1S/C36H36Si3/c1-7-37(8-2,31-22-16-13-17-23-31)34-28-35(38(9-3,10-4)32-24-18-14-19-25-32)30-36(29-34)39(11-5,12-6)33-26-20-15-21-27-33/h7-30H,1-6H2. The van der Waals surface area contributed by atoms with Crippen LogP contribution in [-0.2, 0) is 0 Å². The number of rotatable bonds is 12. The molecule has 4 aromatic carbocycles. The van der Waals surface area contributed by atoms with E-state index in [1.165, 1.54) is 31.1 Å². The highest BCUT2D eigenvalue weighted by Gasteiger charge is 2.39. The molecule has 0 atom stereocenters. The molecule has 0 aliphatic carbocycles. The minimum Gasteiger partial charge on any atom is -0.106 e. The summed E-state index contributed by atoms with van der Waals surface area (Å²) in [6.07, 6.45) is 0. The molecule has 0 heterocycles. The van der Waals surface area contributed by atoms with Crippen LogP contribution in [0, 0.1) is 0 Å². The van der Waals surface area contributed by atoms with Gasteiger partial charge in [0.05, 0.1) is 0 Å². The van der Waals surface area contributed by atoms with Crippen LogP contribution in [0.4, 0.5) is 0 Å². The molecule has 3 heteroatoms. The first-order valence-electron chi connectivity index (χ1n) is 13.1. The highest BCUT2D eigenvalue weighted by atomic mass is 28.3. The van der Waals surface area contributed by atoms with E-state index in [1.807, 2.05) is 0 Å². The Morgan fingerprint density at radius 2 is 0.513 bits per heavy atom. The van der Waals surface area contributed by atoms with Crippen LogP contribution < -0.4 is 31.1 Å². The van der Waals surface area contributed by atoms with E-state index in [-0.39, 0.29) is 0 Å². The summed E-state index contributed by atoms with van der Waals surface area (Å²) in [5, 5.41) is 7.52. The molecule has 192 valence electrons. The first kappa shape index (κ1) is 28.0. The van der Waals surface area contributed by atoms with Crippen molar-refractivity contribution in [2.75, 3.05) is 0 Å². The highest BCUT2D eigenvalue weighted by Crippen LogP contribution is 2.15. The van der Waals surface area contributed by atoms with Gasteiger partial charge in [-0.05, 0) is 31.1 Å². The van der Waals surface area contributed by atoms with E-state index >= 15 is 0 Å². The highest BCUT2D eigenvalue weighted by molar-refractivity contribution is 7.13. The molecule has 0 aromatic heterocycles. The van der Waals surface area contributed by atoms with Crippen molar-refractivity contribution in [2.45, 2.75) is 0 Å². The van der Waals surface area contributed by atoms with Crippen LogP contribution in [-0.4, -0.2) is 24.2 Å². The summed E-state index contributed by atoms with van der Waals surface area (Å²) in [5.41, 5.74) is 12.8. The quantitative estimate of drug-likeness (QED) is 0.223. The first-order chi connectivity index (χ1) is 19.0. The third kappa shape index (κ3) is 4.70. The Bertz CT molecular complexity index is 1280. The van der Waals surface area contributed by atoms with Crippen LogP contribution in [0.3, 0.4) is 0 Å². The molecule has 0 bridgehead atoms. The molecule has 0 aliphatic heterocycles. The molecular weight excluding hydrogens is 517 g/mol. The van der Waals surface area contributed by atoms with Gasteiger partial charge in [0, 0.05) is 0 Å². The molecule has 0 saturated heterocycles. The monoisotopic (exact) mass is 552 g/mol. The lowest BCUT2D eigenvalue weighted by atomic mass is 10.3. The van der Waals surface area contributed by atoms with Crippen molar-refractivity contribution in [2.24, 2.45) is 0 Å². The lowest BCUT2D eigenvalue weighted by Crippen LogP contribution is -2.65. The molecule has 0 nitrogen and oxygen atoms in total. The van der Waals surface area contributed by atoms with E-state index in [4.69, 9.17) is 0 Å². The lowest BCUT2D eigenvalue weighted by Gasteiger charge is -2.34. The van der Waals surface area contributed by atoms with Crippen molar-refractivity contribution in [3.8, 4) is 0 Å².